The van der Waals surface area contributed by atoms with Crippen molar-refractivity contribution in [2.24, 2.45) is 5.10 Å². The number of nitro groups is 1. The maximum atomic E-state index is 10.6. The standard InChI is InChI=1S/C21H20N4O4/c1-16(23-24-21-4-2-3-13-22-21)17-5-9-19(10-6-17)28-14-15-29-20-11-7-18(8-12-20)25(26)27/h2-13H,14-15H2,1H3,(H,22,24)/b23-16+. The average molecular weight is 392 g/mol. The van der Waals surface area contributed by atoms with Crippen LogP contribution in [0, 0.1) is 10.1 Å². The van der Waals surface area contributed by atoms with Gasteiger partial charge in [-0.1, -0.05) is 6.07 Å². The molecule has 0 spiro atoms. The highest BCUT2D eigenvalue weighted by atomic mass is 16.6. The quantitative estimate of drug-likeness (QED) is 0.252. The largest absolute Gasteiger partial charge is 0.490 e. The second kappa shape index (κ2) is 9.84. The van der Waals surface area contributed by atoms with Gasteiger partial charge in [-0.3, -0.25) is 15.5 Å². The molecule has 0 amide bonds. The fourth-order valence-electron chi connectivity index (χ4n) is 2.41. The summed E-state index contributed by atoms with van der Waals surface area (Å²) in [7, 11) is 0. The maximum absolute atomic E-state index is 10.6. The highest BCUT2D eigenvalue weighted by molar-refractivity contribution is 5.99. The van der Waals surface area contributed by atoms with Crippen LogP contribution in [0.2, 0.25) is 0 Å². The molecular formula is C21H20N4O4. The summed E-state index contributed by atoms with van der Waals surface area (Å²) in [6.45, 7) is 2.59. The zero-order valence-corrected chi connectivity index (χ0v) is 15.8. The first-order valence-electron chi connectivity index (χ1n) is 8.93. The Bertz CT molecular complexity index is 958. The number of hydrogen-bond donors (Lipinski definition) is 1. The number of rotatable bonds is 9. The Morgan fingerprint density at radius 3 is 2.17 bits per heavy atom. The van der Waals surface area contributed by atoms with Crippen LogP contribution in [0.1, 0.15) is 12.5 Å². The van der Waals surface area contributed by atoms with E-state index in [4.69, 9.17) is 9.47 Å². The van der Waals surface area contributed by atoms with Gasteiger partial charge < -0.3 is 9.47 Å². The number of benzene rings is 2. The number of hydrogen-bond acceptors (Lipinski definition) is 7. The summed E-state index contributed by atoms with van der Waals surface area (Å²) < 4.78 is 11.2. The van der Waals surface area contributed by atoms with Gasteiger partial charge in [0.2, 0.25) is 0 Å². The second-order valence-electron chi connectivity index (χ2n) is 6.00. The number of hydrazone groups is 1. The van der Waals surface area contributed by atoms with Gasteiger partial charge >= 0.3 is 0 Å². The summed E-state index contributed by atoms with van der Waals surface area (Å²) in [6, 6.07) is 19.1. The third-order valence-corrected chi connectivity index (χ3v) is 3.94. The summed E-state index contributed by atoms with van der Waals surface area (Å²) in [4.78, 5) is 14.3. The van der Waals surface area contributed by atoms with Crippen LogP contribution in [0.15, 0.2) is 78.0 Å². The van der Waals surface area contributed by atoms with Crippen LogP contribution in [-0.4, -0.2) is 28.8 Å². The van der Waals surface area contributed by atoms with Crippen LogP contribution >= 0.6 is 0 Å². The molecule has 0 aliphatic heterocycles. The van der Waals surface area contributed by atoms with Crippen LogP contribution in [0.4, 0.5) is 11.5 Å². The Balaban J connectivity index is 1.44. The van der Waals surface area contributed by atoms with E-state index in [0.29, 0.717) is 30.5 Å². The Labute approximate surface area is 168 Å². The van der Waals surface area contributed by atoms with E-state index in [0.717, 1.165) is 11.3 Å². The lowest BCUT2D eigenvalue weighted by Gasteiger charge is -2.09. The third-order valence-electron chi connectivity index (χ3n) is 3.94. The minimum Gasteiger partial charge on any atom is -0.490 e. The molecule has 0 radical (unpaired) electrons. The minimum atomic E-state index is -0.447. The van der Waals surface area contributed by atoms with Gasteiger partial charge in [-0.2, -0.15) is 5.10 Å². The molecule has 1 heterocycles. The summed E-state index contributed by atoms with van der Waals surface area (Å²) >= 11 is 0. The first kappa shape index (κ1) is 19.8. The fourth-order valence-corrected chi connectivity index (χ4v) is 2.41. The van der Waals surface area contributed by atoms with Crippen molar-refractivity contribution in [2.45, 2.75) is 6.92 Å². The van der Waals surface area contributed by atoms with E-state index in [1.54, 1.807) is 18.3 Å². The molecule has 8 heteroatoms. The topological polar surface area (TPSA) is 98.9 Å². The smallest absolute Gasteiger partial charge is 0.269 e. The molecule has 0 fully saturated rings. The highest BCUT2D eigenvalue weighted by Crippen LogP contribution is 2.17. The van der Waals surface area contributed by atoms with Gasteiger partial charge in [-0.15, -0.1) is 0 Å². The van der Waals surface area contributed by atoms with Gasteiger partial charge in [0.05, 0.1) is 10.6 Å². The number of nitro benzene ring substituents is 1. The summed E-state index contributed by atoms with van der Waals surface area (Å²) in [5, 5.41) is 14.9. The van der Waals surface area contributed by atoms with Crippen LogP contribution < -0.4 is 14.9 Å². The lowest BCUT2D eigenvalue weighted by molar-refractivity contribution is -0.384. The maximum Gasteiger partial charge on any atom is 0.269 e. The van der Waals surface area contributed by atoms with Gasteiger partial charge in [0.15, 0.2) is 0 Å². The van der Waals surface area contributed by atoms with Gasteiger partial charge in [0, 0.05) is 18.3 Å². The van der Waals surface area contributed by atoms with Gasteiger partial charge in [0.25, 0.3) is 5.69 Å². The summed E-state index contributed by atoms with van der Waals surface area (Å²) in [6.07, 6.45) is 1.70. The molecule has 0 atom stereocenters. The Morgan fingerprint density at radius 2 is 1.62 bits per heavy atom. The first-order valence-corrected chi connectivity index (χ1v) is 8.93. The van der Waals surface area contributed by atoms with Crippen LogP contribution in [0.3, 0.4) is 0 Å². The van der Waals surface area contributed by atoms with Crippen molar-refractivity contribution in [3.8, 4) is 11.5 Å². The molecule has 0 bridgehead atoms. The van der Waals surface area contributed by atoms with Gasteiger partial charge in [0.1, 0.15) is 30.5 Å². The third kappa shape index (κ3) is 6.03. The fraction of sp³-hybridized carbons (Fsp3) is 0.143. The Kier molecular flexibility index (Phi) is 6.72. The first-order chi connectivity index (χ1) is 14.1. The SMILES string of the molecule is C/C(=N\Nc1ccccn1)c1ccc(OCCOc2ccc([N+](=O)[O-])cc2)cc1. The number of nitrogens with one attached hydrogen (secondary N) is 1. The molecule has 0 saturated carbocycles. The molecule has 29 heavy (non-hydrogen) atoms. The lowest BCUT2D eigenvalue weighted by Crippen LogP contribution is -2.09. The van der Waals surface area contributed by atoms with E-state index in [1.165, 1.54) is 12.1 Å². The van der Waals surface area contributed by atoms with Crippen molar-refractivity contribution >= 4 is 17.2 Å². The number of pyridine rings is 1. The van der Waals surface area contributed by atoms with E-state index in [-0.39, 0.29) is 5.69 Å². The monoisotopic (exact) mass is 392 g/mol. The van der Waals surface area contributed by atoms with E-state index in [9.17, 15) is 10.1 Å². The average Bonchev–Trinajstić information content (AvgIpc) is 2.76. The van der Waals surface area contributed by atoms with Crippen molar-refractivity contribution in [1.82, 2.24) is 4.98 Å². The molecule has 0 aliphatic rings. The van der Waals surface area contributed by atoms with Gasteiger partial charge in [-0.05, 0) is 61.0 Å². The van der Waals surface area contributed by atoms with Crippen molar-refractivity contribution in [3.05, 3.63) is 88.6 Å². The zero-order valence-electron chi connectivity index (χ0n) is 15.8. The predicted molar refractivity (Wildman–Crippen MR) is 111 cm³/mol. The molecular weight excluding hydrogens is 372 g/mol. The molecule has 0 saturated heterocycles. The zero-order chi connectivity index (χ0) is 20.5. The normalized spacial score (nSPS) is 11.0. The van der Waals surface area contributed by atoms with E-state index in [2.05, 4.69) is 15.5 Å². The van der Waals surface area contributed by atoms with Crippen molar-refractivity contribution in [1.29, 1.82) is 0 Å². The number of ether oxygens (including phenoxy) is 2. The van der Waals surface area contributed by atoms with Crippen LogP contribution in [0.5, 0.6) is 11.5 Å². The molecule has 8 nitrogen and oxygen atoms in total. The second-order valence-corrected chi connectivity index (χ2v) is 6.00. The summed E-state index contributed by atoms with van der Waals surface area (Å²) in [5.74, 6) is 1.95. The molecule has 2 aromatic carbocycles. The molecule has 3 aromatic rings. The highest BCUT2D eigenvalue weighted by Gasteiger charge is 2.04. The Hall–Kier alpha value is -3.94. The number of aromatic nitrogens is 1. The minimum absolute atomic E-state index is 0.0303. The molecule has 148 valence electrons. The summed E-state index contributed by atoms with van der Waals surface area (Å²) in [5.41, 5.74) is 4.73. The lowest BCUT2D eigenvalue weighted by atomic mass is 10.1. The van der Waals surface area contributed by atoms with Crippen molar-refractivity contribution < 1.29 is 14.4 Å². The Morgan fingerprint density at radius 1 is 1.00 bits per heavy atom. The van der Waals surface area contributed by atoms with Crippen molar-refractivity contribution in [2.75, 3.05) is 18.6 Å². The number of non-ortho nitro benzene ring substituents is 1. The van der Waals surface area contributed by atoms with E-state index in [1.807, 2.05) is 49.4 Å². The van der Waals surface area contributed by atoms with Crippen molar-refractivity contribution in [3.63, 3.8) is 0 Å². The molecule has 0 unspecified atom stereocenters. The van der Waals surface area contributed by atoms with E-state index < -0.39 is 4.92 Å². The van der Waals surface area contributed by atoms with E-state index >= 15 is 0 Å². The van der Waals surface area contributed by atoms with Crippen LogP contribution in [-0.2, 0) is 0 Å². The number of anilines is 1. The predicted octanol–water partition coefficient (Wildman–Crippen LogP) is 4.28. The molecule has 1 N–H and O–H groups in total. The molecule has 3 rings (SSSR count). The van der Waals surface area contributed by atoms with Crippen LogP contribution in [0.25, 0.3) is 0 Å². The molecule has 1 aromatic heterocycles. The molecule has 0 aliphatic carbocycles. The number of nitrogens with zero attached hydrogens (tertiary/aromatic N) is 3. The van der Waals surface area contributed by atoms with Gasteiger partial charge in [-0.25, -0.2) is 4.98 Å².